The number of aliphatic hydroxyl groups excluding tert-OH is 2. The van der Waals surface area contributed by atoms with Gasteiger partial charge in [-0.15, -0.1) is 11.3 Å². The third kappa shape index (κ3) is 6.59. The Morgan fingerprint density at radius 2 is 2.00 bits per heavy atom. The zero-order valence-corrected chi connectivity index (χ0v) is 19.4. The van der Waals surface area contributed by atoms with Crippen molar-refractivity contribution in [1.29, 1.82) is 0 Å². The Balaban J connectivity index is 1.46. The number of ketones is 1. The molecule has 2 N–H and O–H groups in total. The molecule has 1 heterocycles. The maximum Gasteiger partial charge on any atom is 0.305 e. The Morgan fingerprint density at radius 3 is 2.78 bits per heavy atom. The number of fused-ring (bicyclic) bond motifs is 1. The summed E-state index contributed by atoms with van der Waals surface area (Å²) < 4.78 is 19.1. The molecule has 176 valence electrons. The molecule has 0 saturated heterocycles. The molecule has 0 spiro atoms. The van der Waals surface area contributed by atoms with E-state index in [9.17, 15) is 24.2 Å². The van der Waals surface area contributed by atoms with Gasteiger partial charge in [-0.3, -0.25) is 9.59 Å². The van der Waals surface area contributed by atoms with Gasteiger partial charge in [0.25, 0.3) is 0 Å². The molecule has 3 rings (SSSR count). The van der Waals surface area contributed by atoms with Gasteiger partial charge in [-0.05, 0) is 62.1 Å². The van der Waals surface area contributed by atoms with Crippen molar-refractivity contribution in [3.63, 3.8) is 0 Å². The Kier molecular flexibility index (Phi) is 9.20. The molecular formula is C25H33FO5S. The molecular weight excluding hydrogens is 431 g/mol. The first-order chi connectivity index (χ1) is 15.4. The lowest BCUT2D eigenvalue weighted by Crippen LogP contribution is -2.21. The van der Waals surface area contributed by atoms with Crippen LogP contribution in [0.2, 0.25) is 0 Å². The van der Waals surface area contributed by atoms with Crippen LogP contribution in [0.25, 0.3) is 10.1 Å². The zero-order chi connectivity index (χ0) is 23.1. The minimum atomic E-state index is -0.704. The molecule has 0 aliphatic heterocycles. The van der Waals surface area contributed by atoms with Crippen molar-refractivity contribution in [2.45, 2.75) is 76.9 Å². The van der Waals surface area contributed by atoms with Crippen molar-refractivity contribution in [1.82, 2.24) is 0 Å². The third-order valence-electron chi connectivity index (χ3n) is 6.39. The maximum atomic E-state index is 13.4. The monoisotopic (exact) mass is 464 g/mol. The summed E-state index contributed by atoms with van der Waals surface area (Å²) in [5, 5.41) is 21.9. The van der Waals surface area contributed by atoms with E-state index in [0.717, 1.165) is 47.1 Å². The van der Waals surface area contributed by atoms with Gasteiger partial charge in [0.2, 0.25) is 0 Å². The maximum absolute atomic E-state index is 13.4. The van der Waals surface area contributed by atoms with Crippen molar-refractivity contribution in [3.8, 4) is 0 Å². The van der Waals surface area contributed by atoms with Crippen molar-refractivity contribution in [3.05, 3.63) is 35.0 Å². The molecule has 2 aromatic rings. The molecule has 1 aromatic heterocycles. The molecule has 1 aliphatic carbocycles. The number of ether oxygens (including phenoxy) is 1. The molecule has 0 radical (unpaired) electrons. The van der Waals surface area contributed by atoms with Gasteiger partial charge >= 0.3 is 5.97 Å². The summed E-state index contributed by atoms with van der Waals surface area (Å²) >= 11 is 1.37. The number of aliphatic hydroxyl groups is 2. The van der Waals surface area contributed by atoms with Crippen LogP contribution in [0.4, 0.5) is 4.39 Å². The second kappa shape index (κ2) is 11.9. The second-order valence-electron chi connectivity index (χ2n) is 8.69. The second-order valence-corrected chi connectivity index (χ2v) is 9.81. The lowest BCUT2D eigenvalue weighted by molar-refractivity contribution is -0.143. The lowest BCUT2D eigenvalue weighted by Gasteiger charge is -2.22. The van der Waals surface area contributed by atoms with Gasteiger partial charge in [0.05, 0.1) is 18.8 Å². The highest BCUT2D eigenvalue weighted by molar-refractivity contribution is 7.19. The van der Waals surface area contributed by atoms with Crippen LogP contribution in [0.3, 0.4) is 0 Å². The number of rotatable bonds is 12. The third-order valence-corrected chi connectivity index (χ3v) is 7.59. The van der Waals surface area contributed by atoms with Gasteiger partial charge in [0, 0.05) is 28.3 Å². The smallest absolute Gasteiger partial charge is 0.305 e. The molecule has 0 amide bonds. The fourth-order valence-electron chi connectivity index (χ4n) is 4.69. The molecule has 7 heteroatoms. The standard InChI is InChI=1S/C25H33FO5S/c1-2-31-25(30)8-6-4-3-5-7-18-19(22(29)15-21(18)28)11-12-20(27)24-13-16-9-10-17(26)14-23(16)32-24/h9-10,13-14,18-21,27-28H,2-8,11-12,15H2,1H3. The quantitative estimate of drug-likeness (QED) is 0.328. The van der Waals surface area contributed by atoms with E-state index in [2.05, 4.69) is 0 Å². The number of unbranched alkanes of at least 4 members (excludes halogenated alkanes) is 3. The molecule has 0 bridgehead atoms. The van der Waals surface area contributed by atoms with Crippen LogP contribution in [-0.4, -0.2) is 34.7 Å². The first-order valence-electron chi connectivity index (χ1n) is 11.6. The van der Waals surface area contributed by atoms with Gasteiger partial charge in [0.15, 0.2) is 0 Å². The summed E-state index contributed by atoms with van der Waals surface area (Å²) in [7, 11) is 0. The number of Topliss-reactive ketones (excluding diaryl/α,β-unsaturated/α-hetero) is 1. The van der Waals surface area contributed by atoms with E-state index in [1.165, 1.54) is 23.5 Å². The molecule has 1 aliphatic rings. The Hall–Kier alpha value is -1.83. The van der Waals surface area contributed by atoms with E-state index < -0.39 is 12.2 Å². The van der Waals surface area contributed by atoms with Crippen LogP contribution in [-0.2, 0) is 14.3 Å². The Labute approximate surface area is 192 Å². The van der Waals surface area contributed by atoms with Crippen LogP contribution in [0, 0.1) is 17.7 Å². The minimum Gasteiger partial charge on any atom is -0.466 e. The van der Waals surface area contributed by atoms with Crippen molar-refractivity contribution >= 4 is 33.2 Å². The summed E-state index contributed by atoms with van der Waals surface area (Å²) in [6.07, 6.45) is 4.62. The Bertz CT molecular complexity index is 911. The van der Waals surface area contributed by atoms with Gasteiger partial charge in [-0.25, -0.2) is 4.39 Å². The van der Waals surface area contributed by atoms with Crippen LogP contribution < -0.4 is 0 Å². The first kappa shape index (κ1) is 24.8. The fourth-order valence-corrected chi connectivity index (χ4v) is 5.80. The summed E-state index contributed by atoms with van der Waals surface area (Å²) in [6.45, 7) is 2.20. The number of halogens is 1. The predicted octanol–water partition coefficient (Wildman–Crippen LogP) is 5.32. The van der Waals surface area contributed by atoms with Crippen molar-refractivity contribution < 1.29 is 28.9 Å². The highest BCUT2D eigenvalue weighted by Gasteiger charge is 2.40. The normalized spacial score (nSPS) is 21.9. The summed E-state index contributed by atoms with van der Waals surface area (Å²) in [5.74, 6) is -0.681. The molecule has 4 atom stereocenters. The molecule has 1 saturated carbocycles. The largest absolute Gasteiger partial charge is 0.466 e. The van der Waals surface area contributed by atoms with Gasteiger partial charge in [0.1, 0.15) is 11.6 Å². The van der Waals surface area contributed by atoms with Crippen LogP contribution in [0.1, 0.15) is 75.7 Å². The molecule has 4 unspecified atom stereocenters. The summed E-state index contributed by atoms with van der Waals surface area (Å²) in [6, 6.07) is 6.46. The predicted molar refractivity (Wildman–Crippen MR) is 123 cm³/mol. The number of hydrogen-bond acceptors (Lipinski definition) is 6. The van der Waals surface area contributed by atoms with E-state index in [4.69, 9.17) is 4.74 Å². The van der Waals surface area contributed by atoms with Gasteiger partial charge < -0.3 is 14.9 Å². The van der Waals surface area contributed by atoms with Gasteiger partial charge in [-0.2, -0.15) is 0 Å². The highest BCUT2D eigenvalue weighted by Crippen LogP contribution is 2.39. The first-order valence-corrected chi connectivity index (χ1v) is 12.4. The minimum absolute atomic E-state index is 0.0729. The lowest BCUT2D eigenvalue weighted by atomic mass is 9.85. The Morgan fingerprint density at radius 1 is 1.22 bits per heavy atom. The molecule has 5 nitrogen and oxygen atoms in total. The molecule has 32 heavy (non-hydrogen) atoms. The number of esters is 1. The van der Waals surface area contributed by atoms with Crippen LogP contribution in [0.5, 0.6) is 0 Å². The van der Waals surface area contributed by atoms with Crippen LogP contribution in [0.15, 0.2) is 24.3 Å². The van der Waals surface area contributed by atoms with Crippen molar-refractivity contribution in [2.75, 3.05) is 6.61 Å². The van der Waals surface area contributed by atoms with Gasteiger partial charge in [-0.1, -0.05) is 25.3 Å². The van der Waals surface area contributed by atoms with Crippen molar-refractivity contribution in [2.24, 2.45) is 11.8 Å². The fraction of sp³-hybridized carbons (Fsp3) is 0.600. The topological polar surface area (TPSA) is 83.8 Å². The molecule has 1 fully saturated rings. The van der Waals surface area contributed by atoms with E-state index in [0.29, 0.717) is 25.9 Å². The average molecular weight is 465 g/mol. The van der Waals surface area contributed by atoms with E-state index in [1.54, 1.807) is 13.0 Å². The SMILES string of the molecule is CCOC(=O)CCCCCCC1C(O)CC(=O)C1CCC(O)c1cc2ccc(F)cc2s1. The summed E-state index contributed by atoms with van der Waals surface area (Å²) in [4.78, 5) is 24.6. The molecule has 1 aromatic carbocycles. The zero-order valence-electron chi connectivity index (χ0n) is 18.6. The van der Waals surface area contributed by atoms with E-state index in [-0.39, 0.29) is 35.8 Å². The average Bonchev–Trinajstić information content (AvgIpc) is 3.28. The van der Waals surface area contributed by atoms with E-state index >= 15 is 0 Å². The number of thiophene rings is 1. The van der Waals surface area contributed by atoms with E-state index in [1.807, 2.05) is 6.07 Å². The number of carbonyl (C=O) groups is 2. The number of benzene rings is 1. The summed E-state index contributed by atoms with van der Waals surface area (Å²) in [5.41, 5.74) is 0. The number of carbonyl (C=O) groups excluding carboxylic acids is 2. The van der Waals surface area contributed by atoms with Crippen LogP contribution >= 0.6 is 11.3 Å². The number of hydrogen-bond donors (Lipinski definition) is 2. The highest BCUT2D eigenvalue weighted by atomic mass is 32.1.